The zero-order chi connectivity index (χ0) is 27.2. The van der Waals surface area contributed by atoms with E-state index >= 15 is 0 Å². The summed E-state index contributed by atoms with van der Waals surface area (Å²) in [7, 11) is 0. The zero-order valence-corrected chi connectivity index (χ0v) is 22.5. The number of aliphatic hydroxyl groups is 1. The molecule has 0 spiro atoms. The average Bonchev–Trinajstić information content (AvgIpc) is 3.44. The zero-order valence-electron chi connectivity index (χ0n) is 21.7. The summed E-state index contributed by atoms with van der Waals surface area (Å²) in [6.07, 6.45) is 2.64. The van der Waals surface area contributed by atoms with Crippen LogP contribution in [-0.2, 0) is 20.8 Å². The molecule has 2 N–H and O–H groups in total. The average molecular weight is 533 g/mol. The van der Waals surface area contributed by atoms with Crippen molar-refractivity contribution >= 4 is 34.8 Å². The van der Waals surface area contributed by atoms with Crippen molar-refractivity contribution in [2.45, 2.75) is 45.4 Å². The van der Waals surface area contributed by atoms with Gasteiger partial charge in [-0.3, -0.25) is 19.3 Å². The number of carbonyl (C=O) groups excluding carboxylic acids is 3. The lowest BCUT2D eigenvalue weighted by Crippen LogP contribution is -2.56. The second-order valence-electron chi connectivity index (χ2n) is 9.60. The van der Waals surface area contributed by atoms with Crippen LogP contribution in [0.1, 0.15) is 43.0 Å². The highest BCUT2D eigenvalue weighted by atomic mass is 32.1. The maximum absolute atomic E-state index is 13.8. The van der Waals surface area contributed by atoms with E-state index in [1.807, 2.05) is 74.5 Å². The van der Waals surface area contributed by atoms with Crippen LogP contribution in [0.2, 0.25) is 0 Å². The number of nitrogens with zero attached hydrogens (tertiary/aromatic N) is 3. The number of hydrogen-bond acceptors (Lipinski definition) is 6. The molecule has 2 unspecified atom stereocenters. The second kappa shape index (κ2) is 12.1. The number of hydrogen-bond donors (Lipinski definition) is 2. The first-order chi connectivity index (χ1) is 18.3. The maximum atomic E-state index is 13.8. The molecule has 0 fully saturated rings. The summed E-state index contributed by atoms with van der Waals surface area (Å²) in [5.74, 6) is -1.16. The Kier molecular flexibility index (Phi) is 8.70. The number of amides is 3. The van der Waals surface area contributed by atoms with E-state index in [-0.39, 0.29) is 24.3 Å². The minimum atomic E-state index is -1.02. The lowest BCUT2D eigenvalue weighted by atomic mass is 9.97. The summed E-state index contributed by atoms with van der Waals surface area (Å²) in [6, 6.07) is 17.4. The van der Waals surface area contributed by atoms with Crippen LogP contribution < -0.4 is 5.32 Å². The molecule has 1 aliphatic rings. The van der Waals surface area contributed by atoms with Crippen LogP contribution in [0.15, 0.2) is 78.4 Å². The van der Waals surface area contributed by atoms with Crippen molar-refractivity contribution in [3.8, 4) is 0 Å². The molecule has 198 valence electrons. The number of aliphatic hydroxyl groups excluding tert-OH is 1. The van der Waals surface area contributed by atoms with Gasteiger partial charge < -0.3 is 15.3 Å². The van der Waals surface area contributed by atoms with Crippen LogP contribution in [0, 0.1) is 5.92 Å². The van der Waals surface area contributed by atoms with Gasteiger partial charge in [0.05, 0.1) is 11.7 Å². The predicted molar refractivity (Wildman–Crippen MR) is 146 cm³/mol. The summed E-state index contributed by atoms with van der Waals surface area (Å²) in [5, 5.41) is 16.3. The number of benzene rings is 2. The molecule has 38 heavy (non-hydrogen) atoms. The fourth-order valence-corrected chi connectivity index (χ4v) is 5.32. The van der Waals surface area contributed by atoms with Gasteiger partial charge >= 0.3 is 0 Å². The third kappa shape index (κ3) is 6.17. The summed E-state index contributed by atoms with van der Waals surface area (Å²) in [4.78, 5) is 46.8. The summed E-state index contributed by atoms with van der Waals surface area (Å²) in [5.41, 5.74) is 2.13. The molecule has 3 atom stereocenters. The SMILES string of the molecule is CC(=O)N1C=C(c2ccccc2)N(CC(=O)N[C@H](Cc2ccccc2)C(O)c2nccs2)C(=O)C1C(C)C. The Morgan fingerprint density at radius 3 is 2.32 bits per heavy atom. The second-order valence-corrected chi connectivity index (χ2v) is 10.5. The molecule has 8 nitrogen and oxygen atoms in total. The number of carbonyl (C=O) groups is 3. The van der Waals surface area contributed by atoms with Crippen LogP contribution in [0.5, 0.6) is 0 Å². The molecule has 2 heterocycles. The van der Waals surface area contributed by atoms with Crippen molar-refractivity contribution in [3.63, 3.8) is 0 Å². The maximum Gasteiger partial charge on any atom is 0.250 e. The number of nitrogens with one attached hydrogen (secondary N) is 1. The highest BCUT2D eigenvalue weighted by Gasteiger charge is 2.40. The fourth-order valence-electron chi connectivity index (χ4n) is 4.63. The number of aromatic nitrogens is 1. The summed E-state index contributed by atoms with van der Waals surface area (Å²) >= 11 is 1.31. The molecule has 0 bridgehead atoms. The Morgan fingerprint density at radius 2 is 1.74 bits per heavy atom. The molecule has 0 radical (unpaired) electrons. The van der Waals surface area contributed by atoms with Gasteiger partial charge in [-0.1, -0.05) is 74.5 Å². The van der Waals surface area contributed by atoms with E-state index < -0.39 is 24.1 Å². The molecule has 0 aliphatic carbocycles. The van der Waals surface area contributed by atoms with Crippen molar-refractivity contribution in [1.29, 1.82) is 0 Å². The molecule has 4 rings (SSSR count). The Labute approximate surface area is 226 Å². The third-order valence-corrected chi connectivity index (χ3v) is 7.31. The molecule has 9 heteroatoms. The Hall–Kier alpha value is -3.82. The molecule has 0 saturated carbocycles. The minimum absolute atomic E-state index is 0.164. The van der Waals surface area contributed by atoms with Crippen LogP contribution >= 0.6 is 11.3 Å². The van der Waals surface area contributed by atoms with E-state index in [0.717, 1.165) is 5.56 Å². The molecule has 1 aliphatic heterocycles. The molecular formula is C29H32N4O4S. The van der Waals surface area contributed by atoms with E-state index in [1.165, 1.54) is 28.1 Å². The number of thiazole rings is 1. The Balaban J connectivity index is 1.63. The molecule has 3 amide bonds. The van der Waals surface area contributed by atoms with Gasteiger partial charge in [-0.2, -0.15) is 0 Å². The number of rotatable bonds is 9. The normalized spacial score (nSPS) is 17.2. The predicted octanol–water partition coefficient (Wildman–Crippen LogP) is 3.62. The van der Waals surface area contributed by atoms with E-state index in [2.05, 4.69) is 10.3 Å². The first-order valence-corrected chi connectivity index (χ1v) is 13.4. The first-order valence-electron chi connectivity index (χ1n) is 12.5. The van der Waals surface area contributed by atoms with Crippen molar-refractivity contribution in [3.05, 3.63) is 94.6 Å². The van der Waals surface area contributed by atoms with Gasteiger partial charge in [0.15, 0.2) is 0 Å². The van der Waals surface area contributed by atoms with E-state index in [0.29, 0.717) is 22.7 Å². The first kappa shape index (κ1) is 27.2. The van der Waals surface area contributed by atoms with Gasteiger partial charge in [-0.25, -0.2) is 4.98 Å². The van der Waals surface area contributed by atoms with E-state index in [4.69, 9.17) is 0 Å². The van der Waals surface area contributed by atoms with Gasteiger partial charge in [0.2, 0.25) is 11.8 Å². The van der Waals surface area contributed by atoms with Crippen molar-refractivity contribution < 1.29 is 19.5 Å². The van der Waals surface area contributed by atoms with Gasteiger partial charge in [0.1, 0.15) is 23.7 Å². The molecule has 1 aromatic heterocycles. The van der Waals surface area contributed by atoms with Crippen molar-refractivity contribution in [2.75, 3.05) is 6.54 Å². The van der Waals surface area contributed by atoms with Crippen LogP contribution in [0.4, 0.5) is 0 Å². The molecular weight excluding hydrogens is 500 g/mol. The quantitative estimate of drug-likeness (QED) is 0.438. The van der Waals surface area contributed by atoms with Gasteiger partial charge in [0.25, 0.3) is 5.91 Å². The monoisotopic (exact) mass is 532 g/mol. The summed E-state index contributed by atoms with van der Waals surface area (Å²) < 4.78 is 0. The highest BCUT2D eigenvalue weighted by Crippen LogP contribution is 2.30. The van der Waals surface area contributed by atoms with Crippen LogP contribution in [0.25, 0.3) is 5.70 Å². The Morgan fingerprint density at radius 1 is 1.08 bits per heavy atom. The summed E-state index contributed by atoms with van der Waals surface area (Å²) in [6.45, 7) is 4.92. The standard InChI is InChI=1S/C29H32N4O4S/c1-19(2)26-29(37)33(24(17-32(26)20(3)34)22-12-8-5-9-13-22)18-25(35)31-23(16-21-10-6-4-7-11-21)27(36)28-30-14-15-38-28/h4-15,17,19,23,26-27,36H,16,18H2,1-3H3,(H,31,35)/t23-,26?,27?/m1/s1. The minimum Gasteiger partial charge on any atom is -0.384 e. The van der Waals surface area contributed by atoms with Gasteiger partial charge in [-0.15, -0.1) is 11.3 Å². The largest absolute Gasteiger partial charge is 0.384 e. The van der Waals surface area contributed by atoms with Gasteiger partial charge in [-0.05, 0) is 23.5 Å². The third-order valence-electron chi connectivity index (χ3n) is 6.47. The highest BCUT2D eigenvalue weighted by molar-refractivity contribution is 7.09. The van der Waals surface area contributed by atoms with Crippen LogP contribution in [-0.4, -0.2) is 56.2 Å². The van der Waals surface area contributed by atoms with Gasteiger partial charge in [0, 0.05) is 24.7 Å². The smallest absolute Gasteiger partial charge is 0.250 e. The lowest BCUT2D eigenvalue weighted by molar-refractivity contribution is -0.144. The van der Waals surface area contributed by atoms with E-state index in [1.54, 1.807) is 17.8 Å². The molecule has 2 aromatic carbocycles. The molecule has 3 aromatic rings. The van der Waals surface area contributed by atoms with Crippen molar-refractivity contribution in [2.24, 2.45) is 5.92 Å². The molecule has 0 saturated heterocycles. The van der Waals surface area contributed by atoms with Crippen molar-refractivity contribution in [1.82, 2.24) is 20.1 Å². The van der Waals surface area contributed by atoms with Crippen LogP contribution in [0.3, 0.4) is 0 Å². The Bertz CT molecular complexity index is 1280. The fraction of sp³-hybridized carbons (Fsp3) is 0.310. The van der Waals surface area contributed by atoms with E-state index in [9.17, 15) is 19.5 Å². The lowest BCUT2D eigenvalue weighted by Gasteiger charge is -2.40. The topological polar surface area (TPSA) is 103 Å².